The molecule has 0 bridgehead atoms. The number of carboxylic acid groups (broad SMARTS) is 1. The van der Waals surface area contributed by atoms with Gasteiger partial charge in [0.1, 0.15) is 5.54 Å². The molecule has 0 amide bonds. The van der Waals surface area contributed by atoms with Crippen LogP contribution in [0.5, 0.6) is 0 Å². The van der Waals surface area contributed by atoms with Crippen LogP contribution in [-0.4, -0.2) is 20.6 Å². The molecule has 1 N–H and O–H groups in total. The minimum absolute atomic E-state index is 0.528. The first-order chi connectivity index (χ1) is 6.76. The molecule has 0 saturated heterocycles. The van der Waals surface area contributed by atoms with Crippen LogP contribution < -0.4 is 5.69 Å². The van der Waals surface area contributed by atoms with Gasteiger partial charge in [0, 0.05) is 11.4 Å². The SMILES string of the molecule is Cc1cc(C)n(C(C)(C)C(=O)O)c(=O)n1. The van der Waals surface area contributed by atoms with Crippen molar-refractivity contribution >= 4 is 5.97 Å². The van der Waals surface area contributed by atoms with E-state index in [1.165, 1.54) is 18.4 Å². The number of aliphatic carboxylic acids is 1. The van der Waals surface area contributed by atoms with Gasteiger partial charge in [-0.1, -0.05) is 0 Å². The van der Waals surface area contributed by atoms with E-state index < -0.39 is 17.2 Å². The van der Waals surface area contributed by atoms with Crippen molar-refractivity contribution in [2.24, 2.45) is 0 Å². The van der Waals surface area contributed by atoms with Crippen LogP contribution in [0.1, 0.15) is 25.2 Å². The van der Waals surface area contributed by atoms with Gasteiger partial charge in [0.25, 0.3) is 0 Å². The summed E-state index contributed by atoms with van der Waals surface area (Å²) in [4.78, 5) is 26.4. The van der Waals surface area contributed by atoms with E-state index in [4.69, 9.17) is 5.11 Å². The molecule has 0 fully saturated rings. The van der Waals surface area contributed by atoms with Crippen molar-refractivity contribution in [2.75, 3.05) is 0 Å². The highest BCUT2D eigenvalue weighted by atomic mass is 16.4. The molecule has 0 aliphatic rings. The monoisotopic (exact) mass is 210 g/mol. The molecule has 5 heteroatoms. The lowest BCUT2D eigenvalue weighted by atomic mass is 10.1. The molecule has 1 aromatic rings. The molecular formula is C10H14N2O3. The fourth-order valence-electron chi connectivity index (χ4n) is 1.53. The molecule has 0 saturated carbocycles. The van der Waals surface area contributed by atoms with E-state index in [2.05, 4.69) is 4.98 Å². The highest BCUT2D eigenvalue weighted by Crippen LogP contribution is 2.15. The van der Waals surface area contributed by atoms with Crippen molar-refractivity contribution in [3.8, 4) is 0 Å². The summed E-state index contributed by atoms with van der Waals surface area (Å²) >= 11 is 0. The van der Waals surface area contributed by atoms with Gasteiger partial charge in [-0.2, -0.15) is 4.98 Å². The van der Waals surface area contributed by atoms with Crippen LogP contribution in [-0.2, 0) is 10.3 Å². The fourth-order valence-corrected chi connectivity index (χ4v) is 1.53. The molecule has 0 unspecified atom stereocenters. The smallest absolute Gasteiger partial charge is 0.348 e. The minimum atomic E-state index is -1.28. The third kappa shape index (κ3) is 1.91. The Bertz CT molecular complexity index is 460. The van der Waals surface area contributed by atoms with Crippen molar-refractivity contribution < 1.29 is 9.90 Å². The predicted octanol–water partition coefficient (Wildman–Crippen LogP) is 0.680. The number of aryl methyl sites for hydroxylation is 2. The first-order valence-electron chi connectivity index (χ1n) is 4.58. The summed E-state index contributed by atoms with van der Waals surface area (Å²) in [7, 11) is 0. The van der Waals surface area contributed by atoms with Crippen LogP contribution >= 0.6 is 0 Å². The minimum Gasteiger partial charge on any atom is -0.480 e. The molecule has 0 spiro atoms. The lowest BCUT2D eigenvalue weighted by Crippen LogP contribution is -2.44. The maximum Gasteiger partial charge on any atom is 0.348 e. The number of rotatable bonds is 2. The average Bonchev–Trinajstić information content (AvgIpc) is 2.00. The normalized spacial score (nSPS) is 11.5. The number of aromatic nitrogens is 2. The van der Waals surface area contributed by atoms with Crippen LogP contribution in [0.25, 0.3) is 0 Å². The van der Waals surface area contributed by atoms with E-state index >= 15 is 0 Å². The lowest BCUT2D eigenvalue weighted by molar-refractivity contribution is -0.146. The Kier molecular flexibility index (Phi) is 2.66. The van der Waals surface area contributed by atoms with E-state index in [9.17, 15) is 9.59 Å². The molecule has 0 atom stereocenters. The summed E-state index contributed by atoms with van der Waals surface area (Å²) in [5, 5.41) is 9.03. The summed E-state index contributed by atoms with van der Waals surface area (Å²) in [6.07, 6.45) is 0. The number of hydrogen-bond acceptors (Lipinski definition) is 3. The maximum absolute atomic E-state index is 11.6. The van der Waals surface area contributed by atoms with Gasteiger partial charge in [-0.25, -0.2) is 9.59 Å². The van der Waals surface area contributed by atoms with Gasteiger partial charge in [0.2, 0.25) is 0 Å². The zero-order valence-corrected chi connectivity index (χ0v) is 9.24. The van der Waals surface area contributed by atoms with Crippen molar-refractivity contribution in [2.45, 2.75) is 33.2 Å². The van der Waals surface area contributed by atoms with Crippen LogP contribution in [0, 0.1) is 13.8 Å². The molecule has 0 radical (unpaired) electrons. The predicted molar refractivity (Wildman–Crippen MR) is 54.9 cm³/mol. The molecule has 0 aliphatic carbocycles. The van der Waals surface area contributed by atoms with Crippen LogP contribution in [0.2, 0.25) is 0 Å². The molecule has 15 heavy (non-hydrogen) atoms. The fraction of sp³-hybridized carbons (Fsp3) is 0.500. The molecule has 1 heterocycles. The van der Waals surface area contributed by atoms with Gasteiger partial charge in [-0.15, -0.1) is 0 Å². The molecular weight excluding hydrogens is 196 g/mol. The largest absolute Gasteiger partial charge is 0.480 e. The standard InChI is InChI=1S/C10H14N2O3/c1-6-5-7(2)12(9(15)11-6)10(3,4)8(13)14/h5H,1-4H3,(H,13,14). The third-order valence-corrected chi connectivity index (χ3v) is 2.32. The molecule has 0 aliphatic heterocycles. The quantitative estimate of drug-likeness (QED) is 0.779. The van der Waals surface area contributed by atoms with Gasteiger partial charge in [0.15, 0.2) is 0 Å². The number of hydrogen-bond donors (Lipinski definition) is 1. The Morgan fingerprint density at radius 2 is 2.00 bits per heavy atom. The third-order valence-electron chi connectivity index (χ3n) is 2.32. The molecule has 5 nitrogen and oxygen atoms in total. The maximum atomic E-state index is 11.6. The lowest BCUT2D eigenvalue weighted by Gasteiger charge is -2.24. The second-order valence-corrected chi connectivity index (χ2v) is 4.02. The van der Waals surface area contributed by atoms with E-state index in [1.54, 1.807) is 19.9 Å². The van der Waals surface area contributed by atoms with E-state index in [-0.39, 0.29) is 0 Å². The topological polar surface area (TPSA) is 72.2 Å². The zero-order valence-electron chi connectivity index (χ0n) is 9.24. The first kappa shape index (κ1) is 11.4. The Labute approximate surface area is 87.4 Å². The summed E-state index contributed by atoms with van der Waals surface area (Å²) in [5.41, 5.74) is -0.614. The van der Waals surface area contributed by atoms with Gasteiger partial charge < -0.3 is 5.11 Å². The average molecular weight is 210 g/mol. The first-order valence-corrected chi connectivity index (χ1v) is 4.58. The van der Waals surface area contributed by atoms with Gasteiger partial charge in [0.05, 0.1) is 0 Å². The Morgan fingerprint density at radius 1 is 1.47 bits per heavy atom. The van der Waals surface area contributed by atoms with Crippen molar-refractivity contribution in [3.05, 3.63) is 27.9 Å². The van der Waals surface area contributed by atoms with E-state index in [0.29, 0.717) is 11.4 Å². The second-order valence-electron chi connectivity index (χ2n) is 4.02. The molecule has 0 aromatic carbocycles. The van der Waals surface area contributed by atoms with Gasteiger partial charge in [-0.05, 0) is 33.8 Å². The summed E-state index contributed by atoms with van der Waals surface area (Å²) < 4.78 is 1.18. The highest BCUT2D eigenvalue weighted by Gasteiger charge is 2.31. The van der Waals surface area contributed by atoms with Crippen LogP contribution in [0.3, 0.4) is 0 Å². The molecule has 1 aromatic heterocycles. The van der Waals surface area contributed by atoms with Gasteiger partial charge >= 0.3 is 11.7 Å². The number of nitrogens with zero attached hydrogens (tertiary/aromatic N) is 2. The van der Waals surface area contributed by atoms with Gasteiger partial charge in [-0.3, -0.25) is 4.57 Å². The number of carboxylic acids is 1. The van der Waals surface area contributed by atoms with E-state index in [0.717, 1.165) is 0 Å². The summed E-state index contributed by atoms with van der Waals surface area (Å²) in [6, 6.07) is 1.69. The van der Waals surface area contributed by atoms with E-state index in [1.807, 2.05) is 0 Å². The Balaban J connectivity index is 3.52. The van der Waals surface area contributed by atoms with Crippen molar-refractivity contribution in [3.63, 3.8) is 0 Å². The van der Waals surface area contributed by atoms with Crippen LogP contribution in [0.15, 0.2) is 10.9 Å². The zero-order chi connectivity index (χ0) is 11.8. The second kappa shape index (κ2) is 3.49. The van der Waals surface area contributed by atoms with Crippen molar-refractivity contribution in [1.82, 2.24) is 9.55 Å². The summed E-state index contributed by atoms with van der Waals surface area (Å²) in [6.45, 7) is 6.34. The van der Waals surface area contributed by atoms with Crippen molar-refractivity contribution in [1.29, 1.82) is 0 Å². The Morgan fingerprint density at radius 3 is 2.40 bits per heavy atom. The van der Waals surface area contributed by atoms with Crippen LogP contribution in [0.4, 0.5) is 0 Å². The Hall–Kier alpha value is -1.65. The number of carbonyl (C=O) groups is 1. The highest BCUT2D eigenvalue weighted by molar-refractivity contribution is 5.75. The molecule has 82 valence electrons. The summed E-state index contributed by atoms with van der Waals surface area (Å²) in [5.74, 6) is -1.06. The molecule has 1 rings (SSSR count).